The first-order chi connectivity index (χ1) is 8.71. The molecule has 18 heavy (non-hydrogen) atoms. The molecule has 0 saturated heterocycles. The first kappa shape index (κ1) is 13.3. The summed E-state index contributed by atoms with van der Waals surface area (Å²) in [5, 5.41) is 22.3. The molecule has 0 spiro atoms. The van der Waals surface area contributed by atoms with Crippen LogP contribution in [0.2, 0.25) is 0 Å². The Morgan fingerprint density at radius 1 is 1.44 bits per heavy atom. The van der Waals surface area contributed by atoms with Crippen molar-refractivity contribution in [2.45, 2.75) is 0 Å². The van der Waals surface area contributed by atoms with E-state index in [9.17, 15) is 4.79 Å². The molecule has 1 amide bonds. The molecule has 0 aliphatic heterocycles. The van der Waals surface area contributed by atoms with Crippen LogP contribution in [0.3, 0.4) is 0 Å². The molecule has 0 aliphatic rings. The van der Waals surface area contributed by atoms with Gasteiger partial charge in [-0.15, -0.1) is 0 Å². The number of hydrogen-bond acceptors (Lipinski definition) is 5. The van der Waals surface area contributed by atoms with Crippen molar-refractivity contribution in [1.82, 2.24) is 5.32 Å². The van der Waals surface area contributed by atoms with Crippen molar-refractivity contribution in [3.8, 4) is 17.9 Å². The number of benzene rings is 1. The second-order valence-corrected chi connectivity index (χ2v) is 3.32. The predicted octanol–water partition coefficient (Wildman–Crippen LogP) is 0.619. The summed E-state index contributed by atoms with van der Waals surface area (Å²) in [5.41, 5.74) is 1.09. The molecule has 0 saturated carbocycles. The van der Waals surface area contributed by atoms with Gasteiger partial charge in [0, 0.05) is 6.07 Å². The second kappa shape index (κ2) is 6.77. The summed E-state index contributed by atoms with van der Waals surface area (Å²) in [4.78, 5) is 11.3. The number of carbonyl (C=O) groups excluding carboxylic acids is 1. The molecule has 6 nitrogen and oxygen atoms in total. The highest BCUT2D eigenvalue weighted by molar-refractivity contribution is 5.81. The predicted molar refractivity (Wildman–Crippen MR) is 64.8 cm³/mol. The molecule has 0 heterocycles. The van der Waals surface area contributed by atoms with Gasteiger partial charge in [0.2, 0.25) is 5.91 Å². The first-order valence-electron chi connectivity index (χ1n) is 5.17. The SMILES string of the molecule is COc1cc(C#N)ccc1NCC(=O)NCC#N. The van der Waals surface area contributed by atoms with Gasteiger partial charge in [0.05, 0.1) is 37.0 Å². The minimum absolute atomic E-state index is 0.0228. The summed E-state index contributed by atoms with van der Waals surface area (Å²) < 4.78 is 5.10. The van der Waals surface area contributed by atoms with E-state index in [1.165, 1.54) is 7.11 Å². The van der Waals surface area contributed by atoms with E-state index in [2.05, 4.69) is 10.6 Å². The second-order valence-electron chi connectivity index (χ2n) is 3.32. The molecule has 1 rings (SSSR count). The van der Waals surface area contributed by atoms with Crippen LogP contribution in [-0.2, 0) is 4.79 Å². The molecule has 6 heteroatoms. The maximum Gasteiger partial charge on any atom is 0.240 e. The van der Waals surface area contributed by atoms with Gasteiger partial charge in [-0.05, 0) is 12.1 Å². The van der Waals surface area contributed by atoms with Gasteiger partial charge >= 0.3 is 0 Å². The molecule has 0 radical (unpaired) electrons. The van der Waals surface area contributed by atoms with E-state index in [1.807, 2.05) is 12.1 Å². The highest BCUT2D eigenvalue weighted by Crippen LogP contribution is 2.24. The lowest BCUT2D eigenvalue weighted by atomic mass is 10.2. The number of anilines is 1. The van der Waals surface area contributed by atoms with Crippen molar-refractivity contribution in [2.24, 2.45) is 0 Å². The third kappa shape index (κ3) is 3.69. The maximum absolute atomic E-state index is 11.3. The van der Waals surface area contributed by atoms with E-state index in [0.717, 1.165) is 0 Å². The van der Waals surface area contributed by atoms with E-state index in [1.54, 1.807) is 18.2 Å². The molecule has 92 valence electrons. The molecule has 2 N–H and O–H groups in total. The average molecular weight is 244 g/mol. The van der Waals surface area contributed by atoms with Gasteiger partial charge in [0.25, 0.3) is 0 Å². The number of nitriles is 2. The average Bonchev–Trinajstić information content (AvgIpc) is 2.42. The summed E-state index contributed by atoms with van der Waals surface area (Å²) in [6.07, 6.45) is 0. The summed E-state index contributed by atoms with van der Waals surface area (Å²) in [6.45, 7) is 0.00889. The lowest BCUT2D eigenvalue weighted by Crippen LogP contribution is -2.30. The molecule has 0 fully saturated rings. The van der Waals surface area contributed by atoms with Crippen molar-refractivity contribution < 1.29 is 9.53 Å². The van der Waals surface area contributed by atoms with Crippen molar-refractivity contribution in [1.29, 1.82) is 10.5 Å². The zero-order valence-corrected chi connectivity index (χ0v) is 9.86. The fraction of sp³-hybridized carbons (Fsp3) is 0.250. The number of nitrogens with zero attached hydrogens (tertiary/aromatic N) is 2. The highest BCUT2D eigenvalue weighted by atomic mass is 16.5. The molecular formula is C12H12N4O2. The van der Waals surface area contributed by atoms with Crippen LogP contribution in [0.5, 0.6) is 5.75 Å². The van der Waals surface area contributed by atoms with Crippen LogP contribution in [0, 0.1) is 22.7 Å². The minimum atomic E-state index is -0.289. The highest BCUT2D eigenvalue weighted by Gasteiger charge is 2.06. The molecule has 1 aromatic carbocycles. The van der Waals surface area contributed by atoms with Crippen LogP contribution in [0.15, 0.2) is 18.2 Å². The van der Waals surface area contributed by atoms with Crippen molar-refractivity contribution in [2.75, 3.05) is 25.5 Å². The lowest BCUT2D eigenvalue weighted by molar-refractivity contribution is -0.119. The molecule has 1 aromatic rings. The van der Waals surface area contributed by atoms with E-state index in [-0.39, 0.29) is 19.0 Å². The van der Waals surface area contributed by atoms with Crippen molar-refractivity contribution >= 4 is 11.6 Å². The molecule has 0 aliphatic carbocycles. The van der Waals surface area contributed by atoms with Gasteiger partial charge in [-0.2, -0.15) is 10.5 Å². The summed E-state index contributed by atoms with van der Waals surface area (Å²) in [5.74, 6) is 0.199. The number of carbonyl (C=O) groups is 1. The van der Waals surface area contributed by atoms with Crippen molar-refractivity contribution in [3.63, 3.8) is 0 Å². The lowest BCUT2D eigenvalue weighted by Gasteiger charge is -2.10. The summed E-state index contributed by atoms with van der Waals surface area (Å²) in [7, 11) is 1.48. The van der Waals surface area contributed by atoms with Gasteiger partial charge in [0.15, 0.2) is 0 Å². The molecule has 0 aromatic heterocycles. The zero-order chi connectivity index (χ0) is 13.4. The Balaban J connectivity index is 2.65. The first-order valence-corrected chi connectivity index (χ1v) is 5.17. The van der Waals surface area contributed by atoms with E-state index < -0.39 is 0 Å². The largest absolute Gasteiger partial charge is 0.495 e. The number of nitrogens with one attached hydrogen (secondary N) is 2. The van der Waals surface area contributed by atoms with Crippen LogP contribution in [-0.4, -0.2) is 26.1 Å². The number of rotatable bonds is 5. The van der Waals surface area contributed by atoms with Crippen LogP contribution in [0.1, 0.15) is 5.56 Å². The van der Waals surface area contributed by atoms with Gasteiger partial charge in [-0.3, -0.25) is 4.79 Å². The smallest absolute Gasteiger partial charge is 0.240 e. The maximum atomic E-state index is 11.3. The van der Waals surface area contributed by atoms with Crippen molar-refractivity contribution in [3.05, 3.63) is 23.8 Å². The molecule has 0 bridgehead atoms. The minimum Gasteiger partial charge on any atom is -0.495 e. The van der Waals surface area contributed by atoms with Crippen LogP contribution in [0.25, 0.3) is 0 Å². The molecule has 0 unspecified atom stereocenters. The summed E-state index contributed by atoms with van der Waals surface area (Å²) >= 11 is 0. The Morgan fingerprint density at radius 2 is 2.22 bits per heavy atom. The van der Waals surface area contributed by atoms with Gasteiger partial charge in [-0.25, -0.2) is 0 Å². The monoisotopic (exact) mass is 244 g/mol. The normalized spacial score (nSPS) is 8.83. The van der Waals surface area contributed by atoms with E-state index in [4.69, 9.17) is 15.3 Å². The van der Waals surface area contributed by atoms with E-state index >= 15 is 0 Å². The fourth-order valence-electron chi connectivity index (χ4n) is 1.28. The van der Waals surface area contributed by atoms with Crippen LogP contribution >= 0.6 is 0 Å². The topological polar surface area (TPSA) is 97.9 Å². The third-order valence-corrected chi connectivity index (χ3v) is 2.13. The van der Waals surface area contributed by atoms with Gasteiger partial charge in [0.1, 0.15) is 12.3 Å². The van der Waals surface area contributed by atoms with E-state index in [0.29, 0.717) is 17.0 Å². The fourth-order valence-corrected chi connectivity index (χ4v) is 1.28. The van der Waals surface area contributed by atoms with Crippen LogP contribution in [0.4, 0.5) is 5.69 Å². The van der Waals surface area contributed by atoms with Gasteiger partial charge < -0.3 is 15.4 Å². The summed E-state index contributed by atoms with van der Waals surface area (Å²) in [6, 6.07) is 8.68. The standard InChI is InChI=1S/C12H12N4O2/c1-18-11-6-9(7-14)2-3-10(11)16-8-12(17)15-5-4-13/h2-3,6,16H,5,8H2,1H3,(H,15,17). The van der Waals surface area contributed by atoms with Crippen LogP contribution < -0.4 is 15.4 Å². The number of hydrogen-bond donors (Lipinski definition) is 2. The Bertz CT molecular complexity index is 514. The Morgan fingerprint density at radius 3 is 2.83 bits per heavy atom. The third-order valence-electron chi connectivity index (χ3n) is 2.13. The number of amides is 1. The Labute approximate surface area is 105 Å². The zero-order valence-electron chi connectivity index (χ0n) is 9.86. The Kier molecular flexibility index (Phi) is 5.01. The molecular weight excluding hydrogens is 232 g/mol. The van der Waals surface area contributed by atoms with Gasteiger partial charge in [-0.1, -0.05) is 0 Å². The quantitative estimate of drug-likeness (QED) is 0.740. The number of ether oxygens (including phenoxy) is 1. The Hall–Kier alpha value is -2.73. The molecule has 0 atom stereocenters. The number of methoxy groups -OCH3 is 1.